The maximum atomic E-state index is 13.4. The smallest absolute Gasteiger partial charge is 0.315 e. The standard InChI is InChI=1S/C25H41N5O2/c1-15-7-8-20(29-25(32)28-19-6-4-5-17(10-19)13-26)12-21(15)22-11-18-14-27-16(2)9-23(18)30(3)24(22)31/h15-23,27H,4-12,14H2,1-3H3,(H2,28,29,32). The first-order valence-corrected chi connectivity index (χ1v) is 12.8. The van der Waals surface area contributed by atoms with Gasteiger partial charge in [-0.3, -0.25) is 4.79 Å². The van der Waals surface area contributed by atoms with Crippen molar-refractivity contribution >= 4 is 11.9 Å². The first-order chi connectivity index (χ1) is 15.4. The van der Waals surface area contributed by atoms with Crippen LogP contribution in [0.15, 0.2) is 0 Å². The zero-order valence-electron chi connectivity index (χ0n) is 20.0. The highest BCUT2D eigenvalue weighted by molar-refractivity contribution is 5.80. The fraction of sp³-hybridized carbons (Fsp3) is 0.880. The molecule has 4 rings (SSSR count). The SMILES string of the molecule is CC1CC2C(CN1)CC(C1CC(NC(=O)NC3CCCC(C#N)C3)CCC1C)C(=O)N2C. The van der Waals surface area contributed by atoms with Gasteiger partial charge >= 0.3 is 6.03 Å². The zero-order valence-corrected chi connectivity index (χ0v) is 20.0. The molecular weight excluding hydrogens is 402 g/mol. The van der Waals surface area contributed by atoms with Crippen LogP contribution in [0.2, 0.25) is 0 Å². The highest BCUT2D eigenvalue weighted by Crippen LogP contribution is 2.43. The number of carbonyl (C=O) groups excluding carboxylic acids is 2. The Balaban J connectivity index is 1.34. The topological polar surface area (TPSA) is 97.3 Å². The van der Waals surface area contributed by atoms with Crippen LogP contribution in [0.5, 0.6) is 0 Å². The van der Waals surface area contributed by atoms with Gasteiger partial charge in [-0.05, 0) is 76.0 Å². The number of nitrogens with zero attached hydrogens (tertiary/aromatic N) is 2. The van der Waals surface area contributed by atoms with Crippen LogP contribution in [0.3, 0.4) is 0 Å². The van der Waals surface area contributed by atoms with E-state index in [0.29, 0.717) is 35.7 Å². The van der Waals surface area contributed by atoms with Crippen LogP contribution in [-0.4, -0.2) is 54.6 Å². The normalized spacial score (nSPS) is 42.5. The summed E-state index contributed by atoms with van der Waals surface area (Å²) in [5.74, 6) is 1.79. The molecule has 0 radical (unpaired) electrons. The molecule has 4 aliphatic rings. The number of hydrogen-bond acceptors (Lipinski definition) is 4. The van der Waals surface area contributed by atoms with Gasteiger partial charge in [-0.15, -0.1) is 0 Å². The Bertz CT molecular complexity index is 736. The third-order valence-corrected chi connectivity index (χ3v) is 8.89. The Morgan fingerprint density at radius 1 is 1.06 bits per heavy atom. The van der Waals surface area contributed by atoms with Gasteiger partial charge in [0.1, 0.15) is 0 Å². The highest BCUT2D eigenvalue weighted by atomic mass is 16.2. The van der Waals surface area contributed by atoms with E-state index in [1.54, 1.807) is 0 Å². The average molecular weight is 444 g/mol. The quantitative estimate of drug-likeness (QED) is 0.625. The van der Waals surface area contributed by atoms with Crippen LogP contribution < -0.4 is 16.0 Å². The van der Waals surface area contributed by atoms with Crippen molar-refractivity contribution in [1.29, 1.82) is 5.26 Å². The van der Waals surface area contributed by atoms with Crippen molar-refractivity contribution in [3.8, 4) is 6.07 Å². The van der Waals surface area contributed by atoms with E-state index in [0.717, 1.165) is 64.3 Å². The molecule has 2 saturated heterocycles. The van der Waals surface area contributed by atoms with Gasteiger partial charge in [-0.25, -0.2) is 4.79 Å². The lowest BCUT2D eigenvalue weighted by molar-refractivity contribution is -0.148. The van der Waals surface area contributed by atoms with Crippen LogP contribution >= 0.6 is 0 Å². The van der Waals surface area contributed by atoms with Gasteiger partial charge in [0.2, 0.25) is 5.91 Å². The van der Waals surface area contributed by atoms with Crippen LogP contribution in [0.1, 0.15) is 71.6 Å². The third kappa shape index (κ3) is 5.06. The minimum Gasteiger partial charge on any atom is -0.342 e. The summed E-state index contributed by atoms with van der Waals surface area (Å²) in [6, 6.07) is 3.29. The van der Waals surface area contributed by atoms with E-state index in [-0.39, 0.29) is 30.0 Å². The molecule has 4 fully saturated rings. The minimum atomic E-state index is -0.107. The van der Waals surface area contributed by atoms with Gasteiger partial charge in [0.05, 0.1) is 6.07 Å². The molecule has 32 heavy (non-hydrogen) atoms. The number of hydrogen-bond donors (Lipinski definition) is 3. The number of urea groups is 1. The van der Waals surface area contributed by atoms with Crippen molar-refractivity contribution in [1.82, 2.24) is 20.9 Å². The Morgan fingerprint density at radius 2 is 1.81 bits per heavy atom. The molecule has 3 N–H and O–H groups in total. The molecule has 9 atom stereocenters. The van der Waals surface area contributed by atoms with Crippen molar-refractivity contribution in [2.75, 3.05) is 13.6 Å². The lowest BCUT2D eigenvalue weighted by Gasteiger charge is -2.50. The Morgan fingerprint density at radius 3 is 2.56 bits per heavy atom. The van der Waals surface area contributed by atoms with E-state index in [1.807, 2.05) is 11.9 Å². The van der Waals surface area contributed by atoms with Crippen molar-refractivity contribution in [3.05, 3.63) is 0 Å². The number of nitriles is 1. The van der Waals surface area contributed by atoms with Crippen molar-refractivity contribution in [2.45, 2.75) is 95.8 Å². The summed E-state index contributed by atoms with van der Waals surface area (Å²) in [6.07, 6.45) is 8.56. The summed E-state index contributed by atoms with van der Waals surface area (Å²) in [5, 5.41) is 19.1. The molecule has 7 heteroatoms. The van der Waals surface area contributed by atoms with Crippen molar-refractivity contribution in [3.63, 3.8) is 0 Å². The number of nitrogens with one attached hydrogen (secondary N) is 3. The number of fused-ring (bicyclic) bond motifs is 1. The first kappa shape index (κ1) is 23.4. The van der Waals surface area contributed by atoms with Crippen LogP contribution in [0.4, 0.5) is 4.79 Å². The van der Waals surface area contributed by atoms with Crippen LogP contribution in [-0.2, 0) is 4.79 Å². The van der Waals surface area contributed by atoms with Gasteiger partial charge < -0.3 is 20.9 Å². The third-order valence-electron chi connectivity index (χ3n) is 8.89. The van der Waals surface area contributed by atoms with Gasteiger partial charge in [0, 0.05) is 49.6 Å². The van der Waals surface area contributed by atoms with Crippen molar-refractivity contribution in [2.24, 2.45) is 29.6 Å². The molecule has 178 valence electrons. The molecule has 2 saturated carbocycles. The summed E-state index contributed by atoms with van der Waals surface area (Å²) in [7, 11) is 2.00. The van der Waals surface area contributed by atoms with Gasteiger partial charge in [-0.2, -0.15) is 5.26 Å². The zero-order chi connectivity index (χ0) is 22.8. The maximum Gasteiger partial charge on any atom is 0.315 e. The summed E-state index contributed by atoms with van der Waals surface area (Å²) >= 11 is 0. The van der Waals surface area contributed by atoms with Crippen LogP contribution in [0, 0.1) is 40.9 Å². The van der Waals surface area contributed by atoms with E-state index >= 15 is 0 Å². The lowest BCUT2D eigenvalue weighted by atomic mass is 9.65. The van der Waals surface area contributed by atoms with E-state index in [9.17, 15) is 14.9 Å². The molecule has 0 aromatic carbocycles. The molecule has 0 aromatic rings. The minimum absolute atomic E-state index is 0.0596. The summed E-state index contributed by atoms with van der Waals surface area (Å²) in [5.41, 5.74) is 0. The molecule has 0 aromatic heterocycles. The van der Waals surface area contributed by atoms with E-state index in [1.165, 1.54) is 0 Å². The van der Waals surface area contributed by atoms with Gasteiger partial charge in [-0.1, -0.05) is 13.3 Å². The first-order valence-electron chi connectivity index (χ1n) is 12.8. The van der Waals surface area contributed by atoms with Crippen molar-refractivity contribution < 1.29 is 9.59 Å². The second kappa shape index (κ2) is 9.99. The second-order valence-electron chi connectivity index (χ2n) is 11.1. The number of amides is 3. The van der Waals surface area contributed by atoms with E-state index in [4.69, 9.17) is 0 Å². The van der Waals surface area contributed by atoms with Gasteiger partial charge in [0.15, 0.2) is 0 Å². The number of likely N-dealkylation sites (tertiary alicyclic amines) is 1. The molecular formula is C25H41N5O2. The predicted molar refractivity (Wildman–Crippen MR) is 124 cm³/mol. The molecule has 2 heterocycles. The fourth-order valence-electron chi connectivity index (χ4n) is 6.95. The lowest BCUT2D eigenvalue weighted by Crippen LogP contribution is -2.60. The molecule has 0 bridgehead atoms. The summed E-state index contributed by atoms with van der Waals surface area (Å²) in [6.45, 7) is 5.49. The van der Waals surface area contributed by atoms with E-state index in [2.05, 4.69) is 35.9 Å². The largest absolute Gasteiger partial charge is 0.342 e. The molecule has 0 spiro atoms. The molecule has 2 aliphatic heterocycles. The number of rotatable bonds is 3. The highest BCUT2D eigenvalue weighted by Gasteiger charge is 2.47. The number of carbonyl (C=O) groups is 2. The molecule has 9 unspecified atom stereocenters. The van der Waals surface area contributed by atoms with E-state index < -0.39 is 0 Å². The number of piperidine rings is 2. The molecule has 2 aliphatic carbocycles. The molecule has 3 amide bonds. The summed E-state index contributed by atoms with van der Waals surface area (Å²) < 4.78 is 0. The maximum absolute atomic E-state index is 13.4. The molecule has 7 nitrogen and oxygen atoms in total. The Kier molecular flexibility index (Phi) is 7.29. The average Bonchev–Trinajstić information content (AvgIpc) is 2.78. The summed E-state index contributed by atoms with van der Waals surface area (Å²) in [4.78, 5) is 28.1. The second-order valence-corrected chi connectivity index (χ2v) is 11.1. The Hall–Kier alpha value is -1.81. The predicted octanol–water partition coefficient (Wildman–Crippen LogP) is 3.02. The fourth-order valence-corrected chi connectivity index (χ4v) is 6.95. The monoisotopic (exact) mass is 443 g/mol. The van der Waals surface area contributed by atoms with Gasteiger partial charge in [0.25, 0.3) is 0 Å². The Labute approximate surface area is 193 Å². The van der Waals surface area contributed by atoms with Crippen LogP contribution in [0.25, 0.3) is 0 Å².